The molecule has 0 atom stereocenters. The number of sulfonamides is 1. The van der Waals surface area contributed by atoms with Gasteiger partial charge < -0.3 is 30.0 Å². The van der Waals surface area contributed by atoms with Gasteiger partial charge in [-0.1, -0.05) is 23.7 Å². The topological polar surface area (TPSA) is 137 Å². The number of nitrogens with zero attached hydrogens (tertiary/aromatic N) is 4. The molecule has 0 aliphatic carbocycles. The average molecular weight is 627 g/mol. The van der Waals surface area contributed by atoms with E-state index in [9.17, 15) is 8.42 Å². The zero-order valence-electron chi connectivity index (χ0n) is 24.2. The highest BCUT2D eigenvalue weighted by Gasteiger charge is 2.16. The Bertz CT molecular complexity index is 1660. The zero-order chi connectivity index (χ0) is 30.4. The molecule has 4 aromatic rings. The van der Waals surface area contributed by atoms with Crippen LogP contribution < -0.4 is 25.4 Å². The van der Waals surface area contributed by atoms with Gasteiger partial charge in [0, 0.05) is 37.9 Å². The van der Waals surface area contributed by atoms with Crippen LogP contribution in [0, 0.1) is 0 Å². The van der Waals surface area contributed by atoms with Crippen molar-refractivity contribution in [3.05, 3.63) is 77.3 Å². The van der Waals surface area contributed by atoms with Crippen LogP contribution in [0.15, 0.2) is 65.2 Å². The molecule has 0 bridgehead atoms. The van der Waals surface area contributed by atoms with E-state index < -0.39 is 10.0 Å². The molecule has 0 saturated carbocycles. The van der Waals surface area contributed by atoms with Crippen LogP contribution in [0.3, 0.4) is 0 Å². The molecule has 1 fully saturated rings. The number of halogens is 1. The molecule has 1 saturated heterocycles. The van der Waals surface area contributed by atoms with E-state index in [2.05, 4.69) is 47.5 Å². The van der Waals surface area contributed by atoms with Gasteiger partial charge in [-0.25, -0.2) is 13.4 Å². The van der Waals surface area contributed by atoms with E-state index in [0.717, 1.165) is 56.2 Å². The van der Waals surface area contributed by atoms with Crippen molar-refractivity contribution in [2.75, 3.05) is 67.3 Å². The summed E-state index contributed by atoms with van der Waals surface area (Å²) in [6.45, 7) is 5.58. The minimum Gasteiger partial charge on any atom is -0.494 e. The fourth-order valence-electron chi connectivity index (χ4n) is 4.57. The maximum absolute atomic E-state index is 11.8. The summed E-state index contributed by atoms with van der Waals surface area (Å²) in [6.07, 6.45) is 2.54. The first-order valence-electron chi connectivity index (χ1n) is 13.7. The van der Waals surface area contributed by atoms with Crippen LogP contribution in [0.5, 0.6) is 5.75 Å². The lowest BCUT2D eigenvalue weighted by Crippen LogP contribution is -2.43. The largest absolute Gasteiger partial charge is 0.494 e. The maximum atomic E-state index is 11.8. The second-order valence-corrected chi connectivity index (χ2v) is 12.4. The van der Waals surface area contributed by atoms with Gasteiger partial charge in [0.05, 0.1) is 49.7 Å². The number of likely N-dealkylation sites (N-methyl/N-ethyl adjacent to an activating group) is 1. The smallest absolute Gasteiger partial charge is 0.229 e. The Morgan fingerprint density at radius 2 is 1.72 bits per heavy atom. The molecule has 14 heteroatoms. The normalized spacial score (nSPS) is 14.3. The van der Waals surface area contributed by atoms with Crippen molar-refractivity contribution in [3.8, 4) is 5.75 Å². The zero-order valence-corrected chi connectivity index (χ0v) is 25.8. The van der Waals surface area contributed by atoms with Crippen LogP contribution in [0.1, 0.15) is 11.5 Å². The first kappa shape index (κ1) is 30.4. The molecule has 3 heterocycles. The molecular weight excluding hydrogens is 592 g/mol. The molecule has 1 aliphatic rings. The lowest BCUT2D eigenvalue weighted by molar-refractivity contribution is 0.140. The summed E-state index contributed by atoms with van der Waals surface area (Å²) >= 11 is 6.36. The number of para-hydroxylation sites is 2. The summed E-state index contributed by atoms with van der Waals surface area (Å²) in [7, 11) is 0.252. The van der Waals surface area contributed by atoms with Crippen molar-refractivity contribution in [1.29, 1.82) is 0 Å². The molecular formula is C29H35ClN8O4S. The van der Waals surface area contributed by atoms with Gasteiger partial charge in [-0.05, 0) is 43.4 Å². The van der Waals surface area contributed by atoms with E-state index in [-0.39, 0.29) is 11.0 Å². The van der Waals surface area contributed by atoms with Gasteiger partial charge in [0.2, 0.25) is 16.0 Å². The molecule has 12 nitrogen and oxygen atoms in total. The van der Waals surface area contributed by atoms with E-state index in [1.165, 1.54) is 6.20 Å². The van der Waals surface area contributed by atoms with Crippen molar-refractivity contribution in [1.82, 2.24) is 19.8 Å². The molecule has 4 N–H and O–H groups in total. The number of hydrogen-bond acceptors (Lipinski definition) is 11. The van der Waals surface area contributed by atoms with Gasteiger partial charge in [-0.15, -0.1) is 0 Å². The summed E-state index contributed by atoms with van der Waals surface area (Å²) in [5, 5.41) is 9.89. The Morgan fingerprint density at radius 3 is 2.47 bits per heavy atom. The Balaban J connectivity index is 1.22. The number of ether oxygens (including phenoxy) is 1. The Hall–Kier alpha value is -4.04. The third-order valence-electron chi connectivity index (χ3n) is 6.83. The molecule has 43 heavy (non-hydrogen) atoms. The molecule has 0 radical (unpaired) electrons. The summed E-state index contributed by atoms with van der Waals surface area (Å²) < 4.78 is 37.7. The van der Waals surface area contributed by atoms with Crippen LogP contribution >= 0.6 is 11.6 Å². The molecule has 0 amide bonds. The average Bonchev–Trinajstić information content (AvgIpc) is 3.43. The quantitative estimate of drug-likeness (QED) is 0.170. The van der Waals surface area contributed by atoms with Gasteiger partial charge in [0.1, 0.15) is 22.3 Å². The molecule has 0 spiro atoms. The van der Waals surface area contributed by atoms with Crippen molar-refractivity contribution < 1.29 is 17.6 Å². The van der Waals surface area contributed by atoms with Gasteiger partial charge in [0.25, 0.3) is 0 Å². The van der Waals surface area contributed by atoms with Gasteiger partial charge in [-0.2, -0.15) is 4.98 Å². The fraction of sp³-hybridized carbons (Fsp3) is 0.310. The second-order valence-electron chi connectivity index (χ2n) is 10.3. The molecule has 228 valence electrons. The SMILES string of the molecule is COc1cc(NCc2ccc(CN3CCN(C)CC3)o2)ccc1Nc1ncc(Cl)c(Nc2ccccc2NS(C)(=O)=O)n1. The highest BCUT2D eigenvalue weighted by Crippen LogP contribution is 2.33. The molecule has 2 aromatic heterocycles. The van der Waals surface area contributed by atoms with Crippen LogP contribution in [0.2, 0.25) is 5.02 Å². The monoisotopic (exact) mass is 626 g/mol. The van der Waals surface area contributed by atoms with Crippen LogP contribution in [-0.4, -0.2) is 74.8 Å². The number of benzene rings is 2. The molecule has 2 aromatic carbocycles. The summed E-state index contributed by atoms with van der Waals surface area (Å²) in [6, 6.07) is 16.5. The van der Waals surface area contributed by atoms with Crippen LogP contribution in [-0.2, 0) is 23.1 Å². The van der Waals surface area contributed by atoms with Crippen LogP contribution in [0.4, 0.5) is 34.5 Å². The second kappa shape index (κ2) is 13.5. The number of piperazine rings is 1. The summed E-state index contributed by atoms with van der Waals surface area (Å²) in [5.74, 6) is 2.96. The number of hydrogen-bond donors (Lipinski definition) is 4. The van der Waals surface area contributed by atoms with E-state index in [0.29, 0.717) is 35.2 Å². The lowest BCUT2D eigenvalue weighted by Gasteiger charge is -2.31. The standard InChI is InChI=1S/C29H35ClN8O4S/c1-37-12-14-38(15-13-37)19-22-10-9-21(42-22)17-31-20-8-11-26(27(16-20)41-2)34-29-32-18-23(30)28(35-29)33-24-6-4-5-7-25(24)36-43(3,39)40/h4-11,16,18,31,36H,12-15,17,19H2,1-3H3,(H2,32,33,34,35). The summed E-state index contributed by atoms with van der Waals surface area (Å²) in [4.78, 5) is 13.5. The Labute approximate surface area is 256 Å². The predicted molar refractivity (Wildman–Crippen MR) is 170 cm³/mol. The van der Waals surface area contributed by atoms with Crippen molar-refractivity contribution >= 4 is 56.1 Å². The van der Waals surface area contributed by atoms with Crippen molar-refractivity contribution in [2.45, 2.75) is 13.1 Å². The van der Waals surface area contributed by atoms with E-state index >= 15 is 0 Å². The number of furan rings is 1. The predicted octanol–water partition coefficient (Wildman–Crippen LogP) is 4.95. The Kier molecular flexibility index (Phi) is 9.56. The van der Waals surface area contributed by atoms with Gasteiger partial charge >= 0.3 is 0 Å². The van der Waals surface area contributed by atoms with E-state index in [1.807, 2.05) is 30.3 Å². The highest BCUT2D eigenvalue weighted by atomic mass is 35.5. The Morgan fingerprint density at radius 1 is 0.977 bits per heavy atom. The third-order valence-corrected chi connectivity index (χ3v) is 7.69. The van der Waals surface area contributed by atoms with Gasteiger partial charge in [0.15, 0.2) is 5.82 Å². The molecule has 5 rings (SSSR count). The number of rotatable bonds is 12. The van der Waals surface area contributed by atoms with Gasteiger partial charge in [-0.3, -0.25) is 9.62 Å². The van der Waals surface area contributed by atoms with E-state index in [1.54, 1.807) is 31.4 Å². The summed E-state index contributed by atoms with van der Waals surface area (Å²) in [5.41, 5.74) is 2.34. The van der Waals surface area contributed by atoms with Crippen LogP contribution in [0.25, 0.3) is 0 Å². The fourth-order valence-corrected chi connectivity index (χ4v) is 5.28. The molecule has 1 aliphatic heterocycles. The van der Waals surface area contributed by atoms with E-state index in [4.69, 9.17) is 20.8 Å². The lowest BCUT2D eigenvalue weighted by atomic mass is 10.2. The number of nitrogens with one attached hydrogen (secondary N) is 4. The molecule has 0 unspecified atom stereocenters. The minimum absolute atomic E-state index is 0.260. The van der Waals surface area contributed by atoms with Crippen molar-refractivity contribution in [3.63, 3.8) is 0 Å². The number of anilines is 6. The third kappa shape index (κ3) is 8.51. The van der Waals surface area contributed by atoms with Crippen molar-refractivity contribution in [2.24, 2.45) is 0 Å². The first-order valence-corrected chi connectivity index (χ1v) is 16.0. The maximum Gasteiger partial charge on any atom is 0.229 e. The first-order chi connectivity index (χ1) is 20.6. The minimum atomic E-state index is -3.48. The highest BCUT2D eigenvalue weighted by molar-refractivity contribution is 7.92. The number of aromatic nitrogens is 2. The number of methoxy groups -OCH3 is 1.